The van der Waals surface area contributed by atoms with Gasteiger partial charge < -0.3 is 0 Å². The lowest BCUT2D eigenvalue weighted by atomic mass is 10.00. The van der Waals surface area contributed by atoms with Crippen LogP contribution in [-0.4, -0.2) is 14.6 Å². The van der Waals surface area contributed by atoms with Crippen LogP contribution in [0.3, 0.4) is 0 Å². The monoisotopic (exact) mass is 337 g/mol. The van der Waals surface area contributed by atoms with Gasteiger partial charge in [-0.25, -0.2) is 0 Å². The molecular weight excluding hydrogens is 318 g/mol. The molecule has 0 aliphatic heterocycles. The fraction of sp³-hybridized carbons (Fsp3) is 0.130. The summed E-state index contributed by atoms with van der Waals surface area (Å²) in [5.41, 5.74) is 6.98. The van der Waals surface area contributed by atoms with Crippen molar-refractivity contribution in [3.05, 3.63) is 77.4 Å². The van der Waals surface area contributed by atoms with Crippen LogP contribution in [0.25, 0.3) is 38.7 Å². The highest BCUT2D eigenvalue weighted by Gasteiger charge is 2.17. The van der Waals surface area contributed by atoms with E-state index in [9.17, 15) is 0 Å². The van der Waals surface area contributed by atoms with E-state index in [2.05, 4.69) is 96.0 Å². The number of benzene rings is 3. The van der Waals surface area contributed by atoms with Gasteiger partial charge in [0, 0.05) is 16.3 Å². The van der Waals surface area contributed by atoms with Crippen LogP contribution < -0.4 is 0 Å². The number of pyridine rings is 1. The van der Waals surface area contributed by atoms with E-state index < -0.39 is 0 Å². The van der Waals surface area contributed by atoms with Gasteiger partial charge in [-0.3, -0.25) is 4.40 Å². The van der Waals surface area contributed by atoms with E-state index in [1.807, 2.05) is 0 Å². The van der Waals surface area contributed by atoms with Gasteiger partial charge in [-0.15, -0.1) is 10.2 Å². The minimum atomic E-state index is 0.905. The predicted octanol–water partition coefficient (Wildman–Crippen LogP) is 5.63. The van der Waals surface area contributed by atoms with Crippen LogP contribution in [0.5, 0.6) is 0 Å². The Hall–Kier alpha value is -3.20. The smallest absolute Gasteiger partial charge is 0.169 e. The van der Waals surface area contributed by atoms with Crippen LogP contribution in [-0.2, 0) is 0 Å². The molecule has 0 atom stereocenters. The zero-order valence-electron chi connectivity index (χ0n) is 15.1. The van der Waals surface area contributed by atoms with Gasteiger partial charge >= 0.3 is 0 Å². The van der Waals surface area contributed by atoms with Crippen LogP contribution in [0.1, 0.15) is 16.7 Å². The quantitative estimate of drug-likeness (QED) is 0.371. The number of rotatable bonds is 1. The molecule has 0 aliphatic carbocycles. The highest BCUT2D eigenvalue weighted by atomic mass is 15.2. The van der Waals surface area contributed by atoms with Gasteiger partial charge in [-0.1, -0.05) is 48.5 Å². The van der Waals surface area contributed by atoms with E-state index in [4.69, 9.17) is 0 Å². The minimum absolute atomic E-state index is 0.905. The molecule has 26 heavy (non-hydrogen) atoms. The molecule has 0 spiro atoms. The summed E-state index contributed by atoms with van der Waals surface area (Å²) < 4.78 is 2.20. The summed E-state index contributed by atoms with van der Waals surface area (Å²) in [5, 5.41) is 12.8. The first kappa shape index (κ1) is 15.1. The Balaban J connectivity index is 2.00. The molecule has 3 aromatic carbocycles. The van der Waals surface area contributed by atoms with Crippen molar-refractivity contribution in [2.75, 3.05) is 0 Å². The summed E-state index contributed by atoms with van der Waals surface area (Å²) >= 11 is 0. The third-order valence-electron chi connectivity index (χ3n) is 5.35. The molecule has 0 bridgehead atoms. The van der Waals surface area contributed by atoms with Crippen LogP contribution in [0, 0.1) is 20.8 Å². The summed E-state index contributed by atoms with van der Waals surface area (Å²) in [6.07, 6.45) is 0. The van der Waals surface area contributed by atoms with Gasteiger partial charge in [0.05, 0.1) is 5.52 Å². The van der Waals surface area contributed by atoms with Crippen molar-refractivity contribution in [3.63, 3.8) is 0 Å². The van der Waals surface area contributed by atoms with E-state index >= 15 is 0 Å². The first-order valence-electron chi connectivity index (χ1n) is 8.88. The molecule has 3 heteroatoms. The molecule has 0 saturated heterocycles. The van der Waals surface area contributed by atoms with Gasteiger partial charge in [-0.2, -0.15) is 0 Å². The molecule has 5 aromatic rings. The second kappa shape index (κ2) is 5.40. The number of hydrogen-bond donors (Lipinski definition) is 0. The van der Waals surface area contributed by atoms with Crippen molar-refractivity contribution in [2.45, 2.75) is 20.8 Å². The molecule has 0 amide bonds. The fourth-order valence-electron chi connectivity index (χ4n) is 3.87. The second-order valence-electron chi connectivity index (χ2n) is 7.00. The second-order valence-corrected chi connectivity index (χ2v) is 7.00. The van der Waals surface area contributed by atoms with E-state index in [0.717, 1.165) is 27.9 Å². The summed E-state index contributed by atoms with van der Waals surface area (Å²) in [6.45, 7) is 6.44. The molecule has 0 radical (unpaired) electrons. The molecule has 5 rings (SSSR count). The maximum atomic E-state index is 4.61. The van der Waals surface area contributed by atoms with E-state index in [0.29, 0.717) is 0 Å². The number of fused-ring (bicyclic) bond motifs is 6. The first-order valence-corrected chi connectivity index (χ1v) is 8.88. The number of para-hydroxylation sites is 1. The Morgan fingerprint density at radius 1 is 0.654 bits per heavy atom. The minimum Gasteiger partial charge on any atom is -0.274 e. The standard InChI is InChI=1S/C23H19N3/c1-14-12-16(3)20(13-15(14)2)23-25-24-22-19-10-5-4-8-17(19)18-9-6-7-11-21(18)26(22)23/h4-13H,1-3H3. The van der Waals surface area contributed by atoms with Gasteiger partial charge in [0.25, 0.3) is 0 Å². The lowest BCUT2D eigenvalue weighted by Crippen LogP contribution is -1.96. The SMILES string of the molecule is Cc1cc(C)c(-c2nnc3c4ccccc4c4ccccc4n23)cc1C. The molecule has 0 N–H and O–H groups in total. The lowest BCUT2D eigenvalue weighted by molar-refractivity contribution is 1.11. The van der Waals surface area contributed by atoms with Gasteiger partial charge in [0.1, 0.15) is 0 Å². The van der Waals surface area contributed by atoms with E-state index in [1.54, 1.807) is 0 Å². The molecule has 126 valence electrons. The maximum absolute atomic E-state index is 4.61. The number of aryl methyl sites for hydroxylation is 3. The topological polar surface area (TPSA) is 30.2 Å². The van der Waals surface area contributed by atoms with Gasteiger partial charge in [-0.05, 0) is 55.0 Å². The predicted molar refractivity (Wildman–Crippen MR) is 108 cm³/mol. The molecule has 0 aliphatic rings. The molecule has 3 nitrogen and oxygen atoms in total. The summed E-state index contributed by atoms with van der Waals surface area (Å²) in [6, 6.07) is 21.4. The Labute approximate surface area is 151 Å². The van der Waals surface area contributed by atoms with Crippen molar-refractivity contribution < 1.29 is 0 Å². The Morgan fingerprint density at radius 3 is 2.12 bits per heavy atom. The molecule has 0 fully saturated rings. The molecule has 0 unspecified atom stereocenters. The van der Waals surface area contributed by atoms with Crippen molar-refractivity contribution in [3.8, 4) is 11.4 Å². The largest absolute Gasteiger partial charge is 0.274 e. The number of hydrogen-bond acceptors (Lipinski definition) is 2. The first-order chi connectivity index (χ1) is 12.6. The maximum Gasteiger partial charge on any atom is 0.169 e. The summed E-state index contributed by atoms with van der Waals surface area (Å²) in [7, 11) is 0. The van der Waals surface area contributed by atoms with Gasteiger partial charge in [0.15, 0.2) is 11.5 Å². The Kier molecular flexibility index (Phi) is 3.13. The highest BCUT2D eigenvalue weighted by molar-refractivity contribution is 6.12. The van der Waals surface area contributed by atoms with Crippen LogP contribution in [0.4, 0.5) is 0 Å². The lowest BCUT2D eigenvalue weighted by Gasteiger charge is -2.12. The van der Waals surface area contributed by atoms with Gasteiger partial charge in [0.2, 0.25) is 0 Å². The average Bonchev–Trinajstić information content (AvgIpc) is 3.10. The molecule has 2 aromatic heterocycles. The van der Waals surface area contributed by atoms with Crippen molar-refractivity contribution in [1.29, 1.82) is 0 Å². The Bertz CT molecular complexity index is 1310. The Morgan fingerprint density at radius 2 is 1.31 bits per heavy atom. The normalized spacial score (nSPS) is 11.7. The zero-order valence-corrected chi connectivity index (χ0v) is 15.1. The van der Waals surface area contributed by atoms with Crippen molar-refractivity contribution in [2.24, 2.45) is 0 Å². The van der Waals surface area contributed by atoms with Crippen LogP contribution in [0.2, 0.25) is 0 Å². The number of nitrogens with zero attached hydrogens (tertiary/aromatic N) is 3. The molecular formula is C23H19N3. The number of aromatic nitrogens is 3. The van der Waals surface area contributed by atoms with E-state index in [1.165, 1.54) is 27.5 Å². The van der Waals surface area contributed by atoms with Crippen LogP contribution >= 0.6 is 0 Å². The van der Waals surface area contributed by atoms with E-state index in [-0.39, 0.29) is 0 Å². The summed E-state index contributed by atoms with van der Waals surface area (Å²) in [4.78, 5) is 0. The molecule has 0 saturated carbocycles. The third-order valence-corrected chi connectivity index (χ3v) is 5.35. The van der Waals surface area contributed by atoms with Crippen LogP contribution in [0.15, 0.2) is 60.7 Å². The highest BCUT2D eigenvalue weighted by Crippen LogP contribution is 2.33. The fourth-order valence-corrected chi connectivity index (χ4v) is 3.87. The van der Waals surface area contributed by atoms with Crippen molar-refractivity contribution in [1.82, 2.24) is 14.6 Å². The molecule has 2 heterocycles. The third kappa shape index (κ3) is 2.00. The average molecular weight is 337 g/mol. The zero-order chi connectivity index (χ0) is 17.8. The van der Waals surface area contributed by atoms with Crippen molar-refractivity contribution >= 4 is 27.3 Å². The summed E-state index contributed by atoms with van der Waals surface area (Å²) in [5.74, 6) is 0.905.